The van der Waals surface area contributed by atoms with Crippen molar-refractivity contribution < 1.29 is 38.0 Å². The lowest BCUT2D eigenvalue weighted by molar-refractivity contribution is -0.121. The summed E-state index contributed by atoms with van der Waals surface area (Å²) in [6.45, 7) is 14.6. The molecule has 1 N–H and O–H groups in total. The number of carbonyl (C=O) groups is 1. The molecular formula is C24H50N2O8. The highest BCUT2D eigenvalue weighted by atomic mass is 16.6. The predicted molar refractivity (Wildman–Crippen MR) is 131 cm³/mol. The van der Waals surface area contributed by atoms with Crippen molar-refractivity contribution in [1.29, 1.82) is 0 Å². The van der Waals surface area contributed by atoms with Crippen molar-refractivity contribution in [3.05, 3.63) is 0 Å². The summed E-state index contributed by atoms with van der Waals surface area (Å²) in [5.41, 5.74) is 0. The van der Waals surface area contributed by atoms with Gasteiger partial charge in [-0.15, -0.1) is 0 Å². The molecule has 0 aliphatic rings. The molecule has 0 rings (SSSR count). The minimum Gasteiger partial charge on any atom is -0.379 e. The van der Waals surface area contributed by atoms with E-state index >= 15 is 0 Å². The maximum atomic E-state index is 11.3. The lowest BCUT2D eigenvalue weighted by Gasteiger charge is -2.13. The zero-order chi connectivity index (χ0) is 25.0. The van der Waals surface area contributed by atoms with Crippen LogP contribution in [0.15, 0.2) is 0 Å². The molecule has 10 heteroatoms. The number of hydrogen-bond donors (Lipinski definition) is 1. The van der Waals surface area contributed by atoms with Crippen LogP contribution in [0.2, 0.25) is 0 Å². The van der Waals surface area contributed by atoms with Crippen LogP contribution in [0.3, 0.4) is 0 Å². The van der Waals surface area contributed by atoms with Gasteiger partial charge in [0.25, 0.3) is 0 Å². The Bertz CT molecular complexity index is 418. The van der Waals surface area contributed by atoms with Gasteiger partial charge in [-0.3, -0.25) is 4.79 Å². The van der Waals surface area contributed by atoms with E-state index in [9.17, 15) is 4.79 Å². The molecule has 1 amide bonds. The van der Waals surface area contributed by atoms with Gasteiger partial charge in [0.2, 0.25) is 5.91 Å². The number of carbonyl (C=O) groups excluding carboxylic acids is 1. The standard InChI is InChI=1S/C24H50N2O8/c1-4-7-24(27)25-8-11-29-13-15-31-17-19-33-21-23-34-22-20-32-18-16-30-14-12-28-10-6-9-26(3)5-2/h4-23H2,1-3H3,(H,25,27). The minimum atomic E-state index is 0.0691. The number of hydrogen-bond acceptors (Lipinski definition) is 9. The van der Waals surface area contributed by atoms with Gasteiger partial charge in [0, 0.05) is 26.1 Å². The monoisotopic (exact) mass is 494 g/mol. The number of nitrogens with one attached hydrogen (secondary N) is 1. The van der Waals surface area contributed by atoms with Gasteiger partial charge in [0.05, 0.1) is 85.9 Å². The first-order valence-corrected chi connectivity index (χ1v) is 12.7. The Balaban J connectivity index is 3.06. The van der Waals surface area contributed by atoms with Gasteiger partial charge in [-0.2, -0.15) is 0 Å². The molecule has 0 aromatic carbocycles. The van der Waals surface area contributed by atoms with Crippen molar-refractivity contribution in [1.82, 2.24) is 10.2 Å². The topological polar surface area (TPSA) is 97.0 Å². The molecule has 0 saturated heterocycles. The third-order valence-corrected chi connectivity index (χ3v) is 4.65. The van der Waals surface area contributed by atoms with E-state index in [2.05, 4.69) is 24.2 Å². The molecule has 0 aromatic rings. The van der Waals surface area contributed by atoms with Crippen molar-refractivity contribution in [3.63, 3.8) is 0 Å². The molecule has 34 heavy (non-hydrogen) atoms. The van der Waals surface area contributed by atoms with E-state index < -0.39 is 0 Å². The van der Waals surface area contributed by atoms with E-state index in [0.717, 1.165) is 32.5 Å². The molecule has 0 saturated carbocycles. The highest BCUT2D eigenvalue weighted by Crippen LogP contribution is 1.89. The molecule has 10 nitrogen and oxygen atoms in total. The first-order chi connectivity index (χ1) is 16.7. The summed E-state index contributed by atoms with van der Waals surface area (Å²) in [7, 11) is 2.11. The van der Waals surface area contributed by atoms with Crippen LogP contribution in [0.25, 0.3) is 0 Å². The minimum absolute atomic E-state index is 0.0691. The zero-order valence-corrected chi connectivity index (χ0v) is 21.9. The number of nitrogens with zero attached hydrogens (tertiary/aromatic N) is 1. The smallest absolute Gasteiger partial charge is 0.220 e. The van der Waals surface area contributed by atoms with Crippen LogP contribution in [0.1, 0.15) is 33.1 Å². The van der Waals surface area contributed by atoms with Gasteiger partial charge in [0.1, 0.15) is 0 Å². The third kappa shape index (κ3) is 27.4. The molecule has 0 spiro atoms. The van der Waals surface area contributed by atoms with E-state index in [1.807, 2.05) is 6.92 Å². The van der Waals surface area contributed by atoms with Crippen molar-refractivity contribution in [2.75, 3.05) is 119 Å². The maximum absolute atomic E-state index is 11.3. The second kappa shape index (κ2) is 28.4. The van der Waals surface area contributed by atoms with Crippen molar-refractivity contribution >= 4 is 5.91 Å². The number of rotatable bonds is 28. The lowest BCUT2D eigenvalue weighted by Crippen LogP contribution is -2.27. The van der Waals surface area contributed by atoms with Crippen LogP contribution in [0.5, 0.6) is 0 Å². The Morgan fingerprint density at radius 1 is 0.618 bits per heavy atom. The third-order valence-electron chi connectivity index (χ3n) is 4.65. The number of ether oxygens (including phenoxy) is 7. The highest BCUT2D eigenvalue weighted by Gasteiger charge is 1.98. The van der Waals surface area contributed by atoms with Crippen LogP contribution in [0.4, 0.5) is 0 Å². The molecule has 0 heterocycles. The summed E-state index contributed by atoms with van der Waals surface area (Å²) in [4.78, 5) is 13.5. The van der Waals surface area contributed by atoms with E-state index in [-0.39, 0.29) is 5.91 Å². The van der Waals surface area contributed by atoms with E-state index in [1.54, 1.807) is 0 Å². The summed E-state index contributed by atoms with van der Waals surface area (Å²) in [6.07, 6.45) is 2.46. The summed E-state index contributed by atoms with van der Waals surface area (Å²) >= 11 is 0. The lowest BCUT2D eigenvalue weighted by atomic mass is 10.3. The molecule has 0 unspecified atom stereocenters. The van der Waals surface area contributed by atoms with Crippen molar-refractivity contribution in [2.24, 2.45) is 0 Å². The second-order valence-electron chi connectivity index (χ2n) is 7.64. The fourth-order valence-corrected chi connectivity index (χ4v) is 2.59. The molecule has 0 atom stereocenters. The Morgan fingerprint density at radius 3 is 1.38 bits per heavy atom. The van der Waals surface area contributed by atoms with Crippen LogP contribution in [0, 0.1) is 0 Å². The average Bonchev–Trinajstić information content (AvgIpc) is 2.84. The number of amides is 1. The molecule has 0 aliphatic carbocycles. The Kier molecular flexibility index (Phi) is 27.7. The van der Waals surface area contributed by atoms with Gasteiger partial charge >= 0.3 is 0 Å². The quantitative estimate of drug-likeness (QED) is 0.162. The summed E-state index contributed by atoms with van der Waals surface area (Å²) in [5, 5.41) is 2.80. The maximum Gasteiger partial charge on any atom is 0.220 e. The second-order valence-corrected chi connectivity index (χ2v) is 7.64. The van der Waals surface area contributed by atoms with E-state index in [4.69, 9.17) is 33.2 Å². The van der Waals surface area contributed by atoms with Crippen LogP contribution >= 0.6 is 0 Å². The Morgan fingerprint density at radius 2 is 1.00 bits per heavy atom. The first-order valence-electron chi connectivity index (χ1n) is 12.7. The first kappa shape index (κ1) is 33.1. The molecular weight excluding hydrogens is 444 g/mol. The molecule has 0 radical (unpaired) electrons. The SMILES string of the molecule is CCCC(=O)NCCOCCOCCOCCOCCOCCOCCOCCCN(C)CC. The van der Waals surface area contributed by atoms with Crippen molar-refractivity contribution in [2.45, 2.75) is 33.1 Å². The molecule has 0 aliphatic heterocycles. The van der Waals surface area contributed by atoms with Gasteiger partial charge in [-0.25, -0.2) is 0 Å². The molecule has 204 valence electrons. The fourth-order valence-electron chi connectivity index (χ4n) is 2.59. The van der Waals surface area contributed by atoms with Crippen molar-refractivity contribution in [3.8, 4) is 0 Å². The summed E-state index contributed by atoms with van der Waals surface area (Å²) in [5.74, 6) is 0.0691. The normalized spacial score (nSPS) is 11.4. The van der Waals surface area contributed by atoms with Crippen LogP contribution < -0.4 is 5.32 Å². The predicted octanol–water partition coefficient (Wildman–Crippen LogP) is 1.36. The Labute approximate surface area is 206 Å². The van der Waals surface area contributed by atoms with Gasteiger partial charge in [-0.1, -0.05) is 13.8 Å². The Hall–Kier alpha value is -0.850. The molecule has 0 fully saturated rings. The van der Waals surface area contributed by atoms with Crippen LogP contribution in [-0.2, 0) is 38.0 Å². The summed E-state index contributed by atoms with van der Waals surface area (Å²) in [6, 6.07) is 0. The van der Waals surface area contributed by atoms with Crippen LogP contribution in [-0.4, -0.2) is 130 Å². The average molecular weight is 495 g/mol. The van der Waals surface area contributed by atoms with Gasteiger partial charge < -0.3 is 43.4 Å². The van der Waals surface area contributed by atoms with Gasteiger partial charge in [-0.05, 0) is 26.4 Å². The van der Waals surface area contributed by atoms with Gasteiger partial charge in [0.15, 0.2) is 0 Å². The van der Waals surface area contributed by atoms with E-state index in [0.29, 0.717) is 98.9 Å². The van der Waals surface area contributed by atoms with E-state index in [1.165, 1.54) is 0 Å². The zero-order valence-electron chi connectivity index (χ0n) is 21.9. The molecule has 0 aromatic heterocycles. The fraction of sp³-hybridized carbons (Fsp3) is 0.958. The highest BCUT2D eigenvalue weighted by molar-refractivity contribution is 5.75. The largest absolute Gasteiger partial charge is 0.379 e. The molecule has 0 bridgehead atoms. The summed E-state index contributed by atoms with van der Waals surface area (Å²) < 4.78 is 38.1.